The second-order valence-corrected chi connectivity index (χ2v) is 8.22. The Morgan fingerprint density at radius 3 is 2.83 bits per heavy atom. The summed E-state index contributed by atoms with van der Waals surface area (Å²) < 4.78 is 13.4. The number of aryl methyl sites for hydroxylation is 1. The molecule has 1 aromatic carbocycles. The molecule has 0 saturated carbocycles. The molecule has 1 aromatic rings. The minimum atomic E-state index is -0.203. The molecule has 1 heterocycles. The van der Waals surface area contributed by atoms with E-state index >= 15 is 0 Å². The number of hydrogen-bond acceptors (Lipinski definition) is 4. The predicted octanol–water partition coefficient (Wildman–Crippen LogP) is 2.71. The van der Waals surface area contributed by atoms with Crippen molar-refractivity contribution in [2.24, 2.45) is 4.99 Å². The number of carbonyl (C=O) groups excluding carboxylic acids is 1. The quantitative estimate of drug-likeness (QED) is 0.243. The monoisotopic (exact) mass is 537 g/mol. The Labute approximate surface area is 195 Å². The van der Waals surface area contributed by atoms with Crippen LogP contribution in [0.2, 0.25) is 0 Å². The molecule has 2 rings (SSSR count). The number of guanidine groups is 1. The summed E-state index contributed by atoms with van der Waals surface area (Å²) in [4.78, 5) is 20.2. The Balaban J connectivity index is 0.00000420. The lowest BCUT2D eigenvalue weighted by atomic mass is 10.0. The van der Waals surface area contributed by atoms with E-state index in [0.29, 0.717) is 5.96 Å². The van der Waals surface area contributed by atoms with Gasteiger partial charge in [-0.25, -0.2) is 9.38 Å². The molecule has 1 fully saturated rings. The van der Waals surface area contributed by atoms with Crippen LogP contribution in [0.25, 0.3) is 0 Å². The molecular formula is C20H33FIN5OS. The Kier molecular flexibility index (Phi) is 11.7. The van der Waals surface area contributed by atoms with Gasteiger partial charge in [0.15, 0.2) is 5.96 Å². The number of amides is 1. The van der Waals surface area contributed by atoms with Crippen LogP contribution in [0.4, 0.5) is 10.1 Å². The Morgan fingerprint density at radius 2 is 2.17 bits per heavy atom. The summed E-state index contributed by atoms with van der Waals surface area (Å²) in [6, 6.07) is 5.17. The summed E-state index contributed by atoms with van der Waals surface area (Å²) in [5.41, 5.74) is 2.02. The number of anilines is 1. The number of aliphatic imine (C=N–C) groups is 1. The molecule has 9 heteroatoms. The highest BCUT2D eigenvalue weighted by atomic mass is 127. The van der Waals surface area contributed by atoms with E-state index in [1.54, 1.807) is 36.8 Å². The van der Waals surface area contributed by atoms with Crippen molar-refractivity contribution in [2.75, 3.05) is 57.2 Å². The van der Waals surface area contributed by atoms with Gasteiger partial charge >= 0.3 is 0 Å². The number of rotatable bonds is 7. The highest BCUT2D eigenvalue weighted by Gasteiger charge is 2.22. The van der Waals surface area contributed by atoms with Gasteiger partial charge in [-0.2, -0.15) is 11.8 Å². The van der Waals surface area contributed by atoms with E-state index in [0.717, 1.165) is 49.5 Å². The van der Waals surface area contributed by atoms with Crippen molar-refractivity contribution in [3.63, 3.8) is 0 Å². The molecule has 6 nitrogen and oxygen atoms in total. The van der Waals surface area contributed by atoms with Gasteiger partial charge in [-0.15, -0.1) is 24.0 Å². The average Bonchev–Trinajstić information content (AvgIpc) is 2.66. The molecule has 0 radical (unpaired) electrons. The molecule has 0 spiro atoms. The van der Waals surface area contributed by atoms with Crippen LogP contribution in [0, 0.1) is 12.7 Å². The smallest absolute Gasteiger partial charge is 0.243 e. The summed E-state index contributed by atoms with van der Waals surface area (Å²) in [6.45, 7) is 4.62. The Hall–Kier alpha value is -1.23. The van der Waals surface area contributed by atoms with E-state index in [2.05, 4.69) is 26.8 Å². The van der Waals surface area contributed by atoms with Gasteiger partial charge < -0.3 is 20.4 Å². The zero-order chi connectivity index (χ0) is 20.5. The second kappa shape index (κ2) is 13.1. The van der Waals surface area contributed by atoms with Crippen molar-refractivity contribution in [3.05, 3.63) is 29.6 Å². The summed E-state index contributed by atoms with van der Waals surface area (Å²) >= 11 is 1.76. The third kappa shape index (κ3) is 8.57. The maximum atomic E-state index is 13.4. The molecule has 0 aliphatic carbocycles. The van der Waals surface area contributed by atoms with Gasteiger partial charge in [0.05, 0.1) is 0 Å². The van der Waals surface area contributed by atoms with E-state index in [9.17, 15) is 9.18 Å². The molecule has 1 aliphatic heterocycles. The minimum Gasteiger partial charge on any atom is -0.369 e. The van der Waals surface area contributed by atoms with Crippen LogP contribution in [0.1, 0.15) is 18.4 Å². The number of nitrogens with zero attached hydrogens (tertiary/aromatic N) is 3. The molecular weight excluding hydrogens is 504 g/mol. The van der Waals surface area contributed by atoms with Crippen molar-refractivity contribution >= 4 is 53.3 Å². The summed E-state index contributed by atoms with van der Waals surface area (Å²) in [5, 5.41) is 6.80. The van der Waals surface area contributed by atoms with Gasteiger partial charge in [-0.1, -0.05) is 0 Å². The van der Waals surface area contributed by atoms with Gasteiger partial charge in [0.1, 0.15) is 12.4 Å². The topological polar surface area (TPSA) is 60.0 Å². The van der Waals surface area contributed by atoms with Crippen LogP contribution < -0.4 is 15.5 Å². The van der Waals surface area contributed by atoms with Crippen LogP contribution in [0.15, 0.2) is 23.2 Å². The Bertz CT molecular complexity index is 689. The van der Waals surface area contributed by atoms with Crippen molar-refractivity contribution in [1.29, 1.82) is 0 Å². The number of hydrogen-bond donors (Lipinski definition) is 2. The second-order valence-electron chi connectivity index (χ2n) is 7.23. The van der Waals surface area contributed by atoms with Crippen LogP contribution in [-0.2, 0) is 4.79 Å². The molecule has 164 valence electrons. The normalized spacial score (nSPS) is 16.8. The molecule has 1 atom stereocenters. The van der Waals surface area contributed by atoms with E-state index in [4.69, 9.17) is 0 Å². The third-order valence-electron chi connectivity index (χ3n) is 4.73. The van der Waals surface area contributed by atoms with Gasteiger partial charge in [-0.05, 0) is 49.8 Å². The van der Waals surface area contributed by atoms with Crippen LogP contribution in [0.3, 0.4) is 0 Å². The largest absolute Gasteiger partial charge is 0.369 e. The highest BCUT2D eigenvalue weighted by molar-refractivity contribution is 14.0. The summed E-state index contributed by atoms with van der Waals surface area (Å²) in [6.07, 6.45) is 4.14. The SMILES string of the molecule is CSCCNC(=NCC(=O)N(C)C)NC1CCCN(c2ccc(F)cc2C)C1.I. The first-order valence-corrected chi connectivity index (χ1v) is 11.0. The lowest BCUT2D eigenvalue weighted by molar-refractivity contribution is -0.127. The van der Waals surface area contributed by atoms with Gasteiger partial charge in [0, 0.05) is 51.2 Å². The maximum Gasteiger partial charge on any atom is 0.243 e. The van der Waals surface area contributed by atoms with E-state index < -0.39 is 0 Å². The standard InChI is InChI=1S/C20H32FN5OS.HI/c1-15-12-16(21)7-8-18(15)26-10-5-6-17(14-26)24-20(22-9-11-28-4)23-13-19(27)25(2)3;/h7-8,12,17H,5-6,9-11,13-14H2,1-4H3,(H2,22,23,24);1H. The van der Waals surface area contributed by atoms with Crippen molar-refractivity contribution in [3.8, 4) is 0 Å². The molecule has 0 aromatic heterocycles. The fourth-order valence-electron chi connectivity index (χ4n) is 3.19. The number of carbonyl (C=O) groups is 1. The molecule has 1 saturated heterocycles. The zero-order valence-electron chi connectivity index (χ0n) is 17.7. The summed E-state index contributed by atoms with van der Waals surface area (Å²) in [5.74, 6) is 1.41. The molecule has 29 heavy (non-hydrogen) atoms. The molecule has 1 unspecified atom stereocenters. The number of likely N-dealkylation sites (N-methyl/N-ethyl adjacent to an activating group) is 1. The van der Waals surface area contributed by atoms with Gasteiger partial charge in [-0.3, -0.25) is 4.79 Å². The van der Waals surface area contributed by atoms with Gasteiger partial charge in [0.2, 0.25) is 5.91 Å². The number of piperidine rings is 1. The first-order valence-electron chi connectivity index (χ1n) is 9.65. The predicted molar refractivity (Wildman–Crippen MR) is 132 cm³/mol. The molecule has 2 N–H and O–H groups in total. The van der Waals surface area contributed by atoms with Crippen LogP contribution in [-0.4, -0.2) is 75.1 Å². The number of benzene rings is 1. The van der Waals surface area contributed by atoms with Crippen molar-refractivity contribution in [1.82, 2.24) is 15.5 Å². The summed E-state index contributed by atoms with van der Waals surface area (Å²) in [7, 11) is 3.46. The van der Waals surface area contributed by atoms with E-state index in [1.807, 2.05) is 13.0 Å². The molecule has 0 bridgehead atoms. The molecule has 1 aliphatic rings. The first kappa shape index (κ1) is 25.8. The first-order chi connectivity index (χ1) is 13.4. The fraction of sp³-hybridized carbons (Fsp3) is 0.600. The number of nitrogens with one attached hydrogen (secondary N) is 2. The van der Waals surface area contributed by atoms with Gasteiger partial charge in [0.25, 0.3) is 0 Å². The van der Waals surface area contributed by atoms with E-state index in [1.165, 1.54) is 6.07 Å². The minimum absolute atomic E-state index is 0. The fourth-order valence-corrected chi connectivity index (χ4v) is 3.50. The highest BCUT2D eigenvalue weighted by Crippen LogP contribution is 2.24. The average molecular weight is 537 g/mol. The maximum absolute atomic E-state index is 13.4. The van der Waals surface area contributed by atoms with Crippen molar-refractivity contribution in [2.45, 2.75) is 25.8 Å². The Morgan fingerprint density at radius 1 is 1.41 bits per heavy atom. The molecule has 1 amide bonds. The van der Waals surface area contributed by atoms with Crippen LogP contribution >= 0.6 is 35.7 Å². The van der Waals surface area contributed by atoms with Crippen LogP contribution in [0.5, 0.6) is 0 Å². The van der Waals surface area contributed by atoms with E-state index in [-0.39, 0.29) is 48.3 Å². The lowest BCUT2D eigenvalue weighted by Crippen LogP contribution is -2.52. The zero-order valence-corrected chi connectivity index (χ0v) is 20.9. The van der Waals surface area contributed by atoms with Crippen molar-refractivity contribution < 1.29 is 9.18 Å². The number of thioether (sulfide) groups is 1. The number of halogens is 2. The third-order valence-corrected chi connectivity index (χ3v) is 5.34. The lowest BCUT2D eigenvalue weighted by Gasteiger charge is -2.36.